The smallest absolute Gasteiger partial charge is 0.255 e. The van der Waals surface area contributed by atoms with Crippen molar-refractivity contribution in [2.24, 2.45) is 0 Å². The van der Waals surface area contributed by atoms with E-state index in [1.54, 1.807) is 36.4 Å². The Morgan fingerprint density at radius 3 is 2.05 bits per heavy atom. The van der Waals surface area contributed by atoms with Crippen LogP contribution in [0.5, 0.6) is 0 Å². The molecule has 1 aliphatic heterocycles. The van der Waals surface area contributed by atoms with Crippen LogP contribution in [-0.4, -0.2) is 66.5 Å². The van der Waals surface area contributed by atoms with Gasteiger partial charge in [0.05, 0.1) is 16.8 Å². The van der Waals surface area contributed by atoms with Crippen LogP contribution in [0.1, 0.15) is 10.4 Å². The quantitative estimate of drug-likeness (QED) is 0.439. The van der Waals surface area contributed by atoms with Gasteiger partial charge in [-0.1, -0.05) is 29.3 Å². The maximum Gasteiger partial charge on any atom is 0.255 e. The number of hydrogen-bond donors (Lipinski definition) is 1. The Hall–Kier alpha value is -2.83. The van der Waals surface area contributed by atoms with Crippen molar-refractivity contribution in [1.82, 2.24) is 4.31 Å². The van der Waals surface area contributed by atoms with E-state index in [0.717, 1.165) is 16.2 Å². The average molecular weight is 598 g/mol. The molecule has 1 saturated heterocycles. The number of halogens is 2. The predicted molar refractivity (Wildman–Crippen MR) is 152 cm³/mol. The highest BCUT2D eigenvalue weighted by atomic mass is 35.5. The third-order valence-corrected chi connectivity index (χ3v) is 9.73. The van der Waals surface area contributed by atoms with E-state index in [0.29, 0.717) is 47.6 Å². The summed E-state index contributed by atoms with van der Waals surface area (Å²) in [7, 11) is -5.81. The molecule has 0 saturated carbocycles. The lowest BCUT2D eigenvalue weighted by Crippen LogP contribution is -2.48. The lowest BCUT2D eigenvalue weighted by atomic mass is 10.2. The first-order valence-corrected chi connectivity index (χ1v) is 15.6. The summed E-state index contributed by atoms with van der Waals surface area (Å²) < 4.78 is 52.5. The van der Waals surface area contributed by atoms with E-state index in [-0.39, 0.29) is 10.5 Å². The standard InChI is InChI=1S/C25H26Cl2N4O5S2/c1-29(37(2,33)34)22-5-3-4-18(14-22)25(32)28-21-6-8-24(9-7-21)38(35,36)31-12-10-30(11-13-31)23-16-19(26)15-20(27)17-23/h3-9,14-17H,10-13H2,1-2H3,(H,28,32). The predicted octanol–water partition coefficient (Wildman–Crippen LogP) is 4.15. The monoisotopic (exact) mass is 596 g/mol. The summed E-state index contributed by atoms with van der Waals surface area (Å²) in [5.74, 6) is -0.457. The minimum absolute atomic E-state index is 0.117. The fourth-order valence-corrected chi connectivity index (χ4v) is 6.44. The summed E-state index contributed by atoms with van der Waals surface area (Å²) in [6.45, 7) is 1.56. The number of piperazine rings is 1. The number of benzene rings is 3. The van der Waals surface area contributed by atoms with Gasteiger partial charge in [0, 0.05) is 60.2 Å². The van der Waals surface area contributed by atoms with Gasteiger partial charge in [0.1, 0.15) is 0 Å². The van der Waals surface area contributed by atoms with Crippen molar-refractivity contribution in [3.05, 3.63) is 82.3 Å². The third kappa shape index (κ3) is 6.41. The molecule has 4 rings (SSSR count). The molecule has 3 aromatic rings. The number of amides is 1. The first-order chi connectivity index (χ1) is 17.8. The van der Waals surface area contributed by atoms with Crippen LogP contribution in [0.2, 0.25) is 10.0 Å². The highest BCUT2D eigenvalue weighted by Crippen LogP contribution is 2.28. The SMILES string of the molecule is CN(c1cccc(C(=O)Nc2ccc(S(=O)(=O)N3CCN(c4cc(Cl)cc(Cl)c4)CC3)cc2)c1)S(C)(=O)=O. The van der Waals surface area contributed by atoms with Crippen molar-refractivity contribution >= 4 is 66.2 Å². The van der Waals surface area contributed by atoms with Crippen LogP contribution in [0.4, 0.5) is 17.1 Å². The Labute approximate surface area is 232 Å². The van der Waals surface area contributed by atoms with E-state index in [2.05, 4.69) is 5.32 Å². The molecule has 1 N–H and O–H groups in total. The molecule has 1 heterocycles. The van der Waals surface area contributed by atoms with Gasteiger partial charge in [0.25, 0.3) is 5.91 Å². The maximum absolute atomic E-state index is 13.2. The molecular weight excluding hydrogens is 571 g/mol. The number of nitrogens with one attached hydrogen (secondary N) is 1. The number of rotatable bonds is 7. The fraction of sp³-hybridized carbons (Fsp3) is 0.240. The van der Waals surface area contributed by atoms with E-state index in [4.69, 9.17) is 23.2 Å². The molecule has 1 aliphatic rings. The second-order valence-electron chi connectivity index (χ2n) is 8.78. The van der Waals surface area contributed by atoms with E-state index < -0.39 is 26.0 Å². The first-order valence-electron chi connectivity index (χ1n) is 11.5. The highest BCUT2D eigenvalue weighted by molar-refractivity contribution is 7.92. The Bertz CT molecular complexity index is 1540. The highest BCUT2D eigenvalue weighted by Gasteiger charge is 2.29. The van der Waals surface area contributed by atoms with Crippen molar-refractivity contribution in [2.75, 3.05) is 54.0 Å². The summed E-state index contributed by atoms with van der Waals surface area (Å²) in [4.78, 5) is 14.9. The van der Waals surface area contributed by atoms with Crippen LogP contribution in [0.3, 0.4) is 0 Å². The summed E-state index contributed by atoms with van der Waals surface area (Å²) in [5.41, 5.74) is 1.85. The molecule has 9 nitrogen and oxygen atoms in total. The van der Waals surface area contributed by atoms with Crippen molar-refractivity contribution in [1.29, 1.82) is 0 Å². The van der Waals surface area contributed by atoms with Gasteiger partial charge in [-0.2, -0.15) is 4.31 Å². The molecule has 38 heavy (non-hydrogen) atoms. The van der Waals surface area contributed by atoms with Crippen LogP contribution in [0.25, 0.3) is 0 Å². The second kappa shape index (κ2) is 11.1. The molecule has 13 heteroatoms. The van der Waals surface area contributed by atoms with Crippen molar-refractivity contribution in [2.45, 2.75) is 4.90 Å². The van der Waals surface area contributed by atoms with E-state index in [1.165, 1.54) is 41.7 Å². The molecule has 0 aromatic heterocycles. The maximum atomic E-state index is 13.2. The zero-order valence-electron chi connectivity index (χ0n) is 20.6. The number of hydrogen-bond acceptors (Lipinski definition) is 6. The third-order valence-electron chi connectivity index (χ3n) is 6.17. The largest absolute Gasteiger partial charge is 0.369 e. The number of carbonyl (C=O) groups excluding carboxylic acids is 1. The molecule has 0 atom stereocenters. The molecular formula is C25H26Cl2N4O5S2. The van der Waals surface area contributed by atoms with Gasteiger partial charge in [-0.25, -0.2) is 16.8 Å². The molecule has 0 radical (unpaired) electrons. The number of sulfonamides is 2. The second-order valence-corrected chi connectivity index (χ2v) is 13.6. The molecule has 3 aromatic carbocycles. The Morgan fingerprint density at radius 2 is 1.47 bits per heavy atom. The molecule has 0 spiro atoms. The lowest BCUT2D eigenvalue weighted by Gasteiger charge is -2.35. The molecule has 1 fully saturated rings. The van der Waals surface area contributed by atoms with Gasteiger partial charge >= 0.3 is 0 Å². The Kier molecular flexibility index (Phi) is 8.24. The van der Waals surface area contributed by atoms with Crippen molar-refractivity contribution in [3.8, 4) is 0 Å². The fourth-order valence-electron chi connectivity index (χ4n) is 4.01. The zero-order chi connectivity index (χ0) is 27.7. The molecule has 0 aliphatic carbocycles. The van der Waals surface area contributed by atoms with Gasteiger partial charge in [-0.05, 0) is 60.7 Å². The van der Waals surface area contributed by atoms with Gasteiger partial charge in [0.2, 0.25) is 20.0 Å². The summed E-state index contributed by atoms with van der Waals surface area (Å²) >= 11 is 12.2. The summed E-state index contributed by atoms with van der Waals surface area (Å²) in [6.07, 6.45) is 1.07. The number of anilines is 3. The van der Waals surface area contributed by atoms with Gasteiger partial charge in [-0.3, -0.25) is 9.10 Å². The molecule has 202 valence electrons. The van der Waals surface area contributed by atoms with E-state index in [9.17, 15) is 21.6 Å². The molecule has 0 unspecified atom stereocenters. The summed E-state index contributed by atoms with van der Waals surface area (Å²) in [5, 5.41) is 3.75. The topological polar surface area (TPSA) is 107 Å². The van der Waals surface area contributed by atoms with Crippen LogP contribution in [-0.2, 0) is 20.0 Å². The van der Waals surface area contributed by atoms with E-state index in [1.807, 2.05) is 4.90 Å². The Morgan fingerprint density at radius 1 is 0.868 bits per heavy atom. The van der Waals surface area contributed by atoms with E-state index >= 15 is 0 Å². The minimum Gasteiger partial charge on any atom is -0.369 e. The normalized spacial score (nSPS) is 14.8. The van der Waals surface area contributed by atoms with Crippen LogP contribution < -0.4 is 14.5 Å². The van der Waals surface area contributed by atoms with Crippen LogP contribution in [0, 0.1) is 0 Å². The average Bonchev–Trinajstić information content (AvgIpc) is 2.87. The molecule has 1 amide bonds. The number of nitrogens with zero attached hydrogens (tertiary/aromatic N) is 3. The Balaban J connectivity index is 1.41. The minimum atomic E-state index is -3.73. The van der Waals surface area contributed by atoms with Crippen molar-refractivity contribution in [3.63, 3.8) is 0 Å². The van der Waals surface area contributed by atoms with Crippen LogP contribution >= 0.6 is 23.2 Å². The zero-order valence-corrected chi connectivity index (χ0v) is 23.8. The summed E-state index contributed by atoms with van der Waals surface area (Å²) in [6, 6.07) is 17.4. The van der Waals surface area contributed by atoms with Gasteiger partial charge in [-0.15, -0.1) is 0 Å². The van der Waals surface area contributed by atoms with Crippen LogP contribution in [0.15, 0.2) is 71.6 Å². The van der Waals surface area contributed by atoms with Crippen molar-refractivity contribution < 1.29 is 21.6 Å². The lowest BCUT2D eigenvalue weighted by molar-refractivity contribution is 0.102. The van der Waals surface area contributed by atoms with Gasteiger partial charge < -0.3 is 10.2 Å². The molecule has 0 bridgehead atoms. The van der Waals surface area contributed by atoms with Gasteiger partial charge in [0.15, 0.2) is 0 Å². The first kappa shape index (κ1) is 28.2. The number of carbonyl (C=O) groups is 1.